The highest BCUT2D eigenvalue weighted by Crippen LogP contribution is 2.30. The minimum absolute atomic E-state index is 0.0189. The van der Waals surface area contributed by atoms with Gasteiger partial charge in [-0.05, 0) is 28.1 Å². The second-order valence-corrected chi connectivity index (χ2v) is 4.83. The van der Waals surface area contributed by atoms with Crippen molar-refractivity contribution < 1.29 is 9.31 Å². The molecule has 0 aliphatic heterocycles. The molecule has 1 aromatic heterocycles. The quantitative estimate of drug-likeness (QED) is 0.665. The van der Waals surface area contributed by atoms with Crippen LogP contribution in [0.5, 0.6) is 0 Å². The Morgan fingerprint density at radius 3 is 2.89 bits per heavy atom. The maximum absolute atomic E-state index is 13.7. The van der Waals surface area contributed by atoms with Gasteiger partial charge in [-0.1, -0.05) is 17.7 Å². The normalized spacial score (nSPS) is 10.3. The lowest BCUT2D eigenvalue weighted by atomic mass is 10.3. The fraction of sp³-hybridized carbons (Fsp3) is 0. The van der Waals surface area contributed by atoms with Crippen LogP contribution in [-0.4, -0.2) is 9.91 Å². The summed E-state index contributed by atoms with van der Waals surface area (Å²) in [4.78, 5) is 14.1. The van der Waals surface area contributed by atoms with Gasteiger partial charge in [-0.2, -0.15) is 0 Å². The number of aromatic nitrogens is 1. The molecular weight excluding hydrogens is 340 g/mol. The lowest BCUT2D eigenvalue weighted by Gasteiger charge is -2.08. The molecular formula is C11H6BrClFN3O2. The Hall–Kier alpha value is -1.73. The minimum Gasteiger partial charge on any atom is -0.332 e. The topological polar surface area (TPSA) is 68.1 Å². The molecule has 5 nitrogen and oxygen atoms in total. The summed E-state index contributed by atoms with van der Waals surface area (Å²) in [5.41, 5.74) is -0.251. The highest BCUT2D eigenvalue weighted by Gasteiger charge is 2.17. The molecule has 0 saturated carbocycles. The maximum Gasteiger partial charge on any atom is 0.312 e. The first kappa shape index (κ1) is 13.7. The number of hydrogen-bond donors (Lipinski definition) is 1. The molecule has 2 aromatic rings. The molecule has 0 unspecified atom stereocenters. The van der Waals surface area contributed by atoms with Gasteiger partial charge < -0.3 is 5.32 Å². The molecule has 1 N–H and O–H groups in total. The van der Waals surface area contributed by atoms with Crippen molar-refractivity contribution in [2.75, 3.05) is 5.32 Å². The van der Waals surface area contributed by atoms with Crippen LogP contribution < -0.4 is 5.32 Å². The van der Waals surface area contributed by atoms with Crippen LogP contribution in [-0.2, 0) is 0 Å². The molecule has 8 heteroatoms. The van der Waals surface area contributed by atoms with E-state index in [1.165, 1.54) is 30.5 Å². The Balaban J connectivity index is 2.44. The zero-order valence-electron chi connectivity index (χ0n) is 9.23. The molecule has 98 valence electrons. The zero-order chi connectivity index (χ0) is 14.0. The number of rotatable bonds is 3. The van der Waals surface area contributed by atoms with Crippen LogP contribution >= 0.6 is 27.5 Å². The third-order valence-corrected chi connectivity index (χ3v) is 2.96. The fourth-order valence-corrected chi connectivity index (χ4v) is 1.89. The third kappa shape index (κ3) is 2.99. The molecule has 1 heterocycles. The molecule has 19 heavy (non-hydrogen) atoms. The molecule has 0 aliphatic rings. The number of benzene rings is 1. The van der Waals surface area contributed by atoms with E-state index in [4.69, 9.17) is 11.6 Å². The maximum atomic E-state index is 13.7. The Morgan fingerprint density at radius 2 is 2.21 bits per heavy atom. The van der Waals surface area contributed by atoms with Crippen molar-refractivity contribution in [2.45, 2.75) is 0 Å². The summed E-state index contributed by atoms with van der Waals surface area (Å²) in [6.45, 7) is 0. The number of pyridine rings is 1. The number of nitrogens with one attached hydrogen (secondary N) is 1. The van der Waals surface area contributed by atoms with Crippen molar-refractivity contribution in [3.8, 4) is 0 Å². The molecule has 1 aromatic carbocycles. The molecule has 0 atom stereocenters. The lowest BCUT2D eigenvalue weighted by molar-refractivity contribution is -0.384. The van der Waals surface area contributed by atoms with Crippen molar-refractivity contribution >= 4 is 44.7 Å². The Labute approximate surface area is 120 Å². The van der Waals surface area contributed by atoms with Crippen molar-refractivity contribution in [1.29, 1.82) is 0 Å². The van der Waals surface area contributed by atoms with Crippen LogP contribution in [0.25, 0.3) is 0 Å². The Kier molecular flexibility index (Phi) is 3.96. The molecule has 0 saturated heterocycles. The van der Waals surface area contributed by atoms with Crippen LogP contribution in [0.3, 0.4) is 0 Å². The van der Waals surface area contributed by atoms with E-state index >= 15 is 0 Å². The molecule has 2 rings (SSSR count). The summed E-state index contributed by atoms with van der Waals surface area (Å²) in [7, 11) is 0. The van der Waals surface area contributed by atoms with Crippen LogP contribution in [0.15, 0.2) is 34.9 Å². The van der Waals surface area contributed by atoms with Gasteiger partial charge in [0.25, 0.3) is 0 Å². The van der Waals surface area contributed by atoms with E-state index in [9.17, 15) is 14.5 Å². The minimum atomic E-state index is -0.691. The monoisotopic (exact) mass is 345 g/mol. The van der Waals surface area contributed by atoms with E-state index in [2.05, 4.69) is 26.2 Å². The first-order chi connectivity index (χ1) is 8.99. The van der Waals surface area contributed by atoms with Crippen molar-refractivity contribution in [3.63, 3.8) is 0 Å². The molecule has 0 spiro atoms. The standard InChI is InChI=1S/C11H6BrClFN3O2/c12-6-4-9(17(18)19)11(15-5-6)16-8-3-1-2-7(13)10(8)14/h1-5H,(H,15,16). The summed E-state index contributed by atoms with van der Waals surface area (Å²) in [6, 6.07) is 5.59. The average Bonchev–Trinajstić information content (AvgIpc) is 2.36. The third-order valence-electron chi connectivity index (χ3n) is 2.24. The van der Waals surface area contributed by atoms with Gasteiger partial charge in [0.1, 0.15) is 0 Å². The summed E-state index contributed by atoms with van der Waals surface area (Å²) >= 11 is 8.72. The van der Waals surface area contributed by atoms with E-state index in [-0.39, 0.29) is 22.2 Å². The van der Waals surface area contributed by atoms with Crippen LogP contribution in [0.2, 0.25) is 5.02 Å². The predicted molar refractivity (Wildman–Crippen MR) is 73.3 cm³/mol. The number of anilines is 2. The first-order valence-electron chi connectivity index (χ1n) is 5.00. The van der Waals surface area contributed by atoms with E-state index < -0.39 is 10.7 Å². The smallest absolute Gasteiger partial charge is 0.312 e. The Morgan fingerprint density at radius 1 is 1.47 bits per heavy atom. The average molecular weight is 347 g/mol. The van der Waals surface area contributed by atoms with Crippen molar-refractivity contribution in [2.24, 2.45) is 0 Å². The highest BCUT2D eigenvalue weighted by atomic mass is 79.9. The second-order valence-electron chi connectivity index (χ2n) is 3.50. The summed E-state index contributed by atoms with van der Waals surface area (Å²) < 4.78 is 14.2. The van der Waals surface area contributed by atoms with Gasteiger partial charge in [0.05, 0.1) is 15.6 Å². The molecule has 0 aliphatic carbocycles. The van der Waals surface area contributed by atoms with Gasteiger partial charge in [-0.25, -0.2) is 9.37 Å². The number of nitro groups is 1. The van der Waals surface area contributed by atoms with E-state index in [0.717, 1.165) is 0 Å². The highest BCUT2D eigenvalue weighted by molar-refractivity contribution is 9.10. The molecule has 0 bridgehead atoms. The molecule has 0 amide bonds. The van der Waals surface area contributed by atoms with Crippen molar-refractivity contribution in [1.82, 2.24) is 4.98 Å². The number of nitrogens with zero attached hydrogens (tertiary/aromatic N) is 2. The second kappa shape index (κ2) is 5.50. The van der Waals surface area contributed by atoms with E-state index in [1.54, 1.807) is 0 Å². The lowest BCUT2D eigenvalue weighted by Crippen LogP contribution is -2.01. The van der Waals surface area contributed by atoms with Gasteiger partial charge in [-0.3, -0.25) is 10.1 Å². The first-order valence-corrected chi connectivity index (χ1v) is 6.17. The Bertz CT molecular complexity index is 654. The summed E-state index contributed by atoms with van der Waals surface area (Å²) in [5, 5.41) is 13.4. The number of halogens is 3. The van der Waals surface area contributed by atoms with E-state index in [0.29, 0.717) is 4.47 Å². The fourth-order valence-electron chi connectivity index (χ4n) is 1.39. The summed E-state index contributed by atoms with van der Waals surface area (Å²) in [6.07, 6.45) is 1.37. The molecule has 0 radical (unpaired) electrons. The largest absolute Gasteiger partial charge is 0.332 e. The van der Waals surface area contributed by atoms with Gasteiger partial charge >= 0.3 is 5.69 Å². The number of hydrogen-bond acceptors (Lipinski definition) is 4. The van der Waals surface area contributed by atoms with Crippen molar-refractivity contribution in [3.05, 3.63) is 55.9 Å². The van der Waals surface area contributed by atoms with E-state index in [1.807, 2.05) is 0 Å². The van der Waals surface area contributed by atoms with Crippen LogP contribution in [0.4, 0.5) is 21.6 Å². The van der Waals surface area contributed by atoms with Gasteiger partial charge in [0.15, 0.2) is 5.82 Å². The predicted octanol–water partition coefficient (Wildman–Crippen LogP) is 4.29. The van der Waals surface area contributed by atoms with Gasteiger partial charge in [0, 0.05) is 16.7 Å². The van der Waals surface area contributed by atoms with Gasteiger partial charge in [-0.15, -0.1) is 0 Å². The zero-order valence-corrected chi connectivity index (χ0v) is 11.6. The van der Waals surface area contributed by atoms with Gasteiger partial charge in [0.2, 0.25) is 5.82 Å². The molecule has 0 fully saturated rings. The van der Waals surface area contributed by atoms with Crippen LogP contribution in [0.1, 0.15) is 0 Å². The summed E-state index contributed by atoms with van der Waals surface area (Å²) in [5.74, 6) is -0.752. The van der Waals surface area contributed by atoms with Crippen LogP contribution in [0, 0.1) is 15.9 Å². The SMILES string of the molecule is O=[N+]([O-])c1cc(Br)cnc1Nc1cccc(Cl)c1F.